The van der Waals surface area contributed by atoms with E-state index >= 15 is 0 Å². The van der Waals surface area contributed by atoms with Crippen LogP contribution in [-0.4, -0.2) is 9.55 Å². The van der Waals surface area contributed by atoms with Crippen LogP contribution in [0.5, 0.6) is 0 Å². The van der Waals surface area contributed by atoms with Gasteiger partial charge in [-0.1, -0.05) is 90.5 Å². The third kappa shape index (κ3) is 3.17. The number of aromatic nitrogens is 2. The topological polar surface area (TPSA) is 17.8 Å². The van der Waals surface area contributed by atoms with Crippen LogP contribution in [0.3, 0.4) is 0 Å². The lowest BCUT2D eigenvalue weighted by molar-refractivity contribution is 1.18. The second-order valence-corrected chi connectivity index (χ2v) is 8.27. The summed E-state index contributed by atoms with van der Waals surface area (Å²) in [5.41, 5.74) is 7.36. The van der Waals surface area contributed by atoms with Gasteiger partial charge in [0.1, 0.15) is 0 Å². The van der Waals surface area contributed by atoms with Crippen LogP contribution in [0.4, 0.5) is 0 Å². The normalized spacial score (nSPS) is 11.3. The van der Waals surface area contributed by atoms with Gasteiger partial charge in [0, 0.05) is 32.6 Å². The molecular weight excluding hydrogens is 412 g/mol. The van der Waals surface area contributed by atoms with Crippen molar-refractivity contribution in [1.29, 1.82) is 0 Å². The van der Waals surface area contributed by atoms with Gasteiger partial charge in [-0.3, -0.25) is 0 Å². The Kier molecular flexibility index (Phi) is 4.52. The minimum absolute atomic E-state index is 0.681. The quantitative estimate of drug-likeness (QED) is 0.277. The summed E-state index contributed by atoms with van der Waals surface area (Å²) >= 11 is 6.45. The van der Waals surface area contributed by atoms with Crippen LogP contribution < -0.4 is 0 Å². The lowest BCUT2D eigenvalue weighted by Gasteiger charge is -2.10. The Labute approximate surface area is 191 Å². The first-order valence-corrected chi connectivity index (χ1v) is 11.0. The minimum atomic E-state index is 0.681. The highest BCUT2D eigenvalue weighted by Gasteiger charge is 2.12. The first kappa shape index (κ1) is 18.9. The molecule has 152 valence electrons. The zero-order valence-electron chi connectivity index (χ0n) is 17.2. The maximum Gasteiger partial charge on any atom is 0.0724 e. The van der Waals surface area contributed by atoms with Crippen LogP contribution in [-0.2, 0) is 0 Å². The second-order valence-electron chi connectivity index (χ2n) is 7.84. The molecule has 6 aromatic rings. The van der Waals surface area contributed by atoms with Crippen LogP contribution in [0, 0.1) is 0 Å². The maximum atomic E-state index is 6.45. The van der Waals surface area contributed by atoms with Crippen LogP contribution in [0.1, 0.15) is 0 Å². The lowest BCUT2D eigenvalue weighted by atomic mass is 10.1. The summed E-state index contributed by atoms with van der Waals surface area (Å²) in [6, 6.07) is 39.6. The minimum Gasteiger partial charge on any atom is -0.309 e. The van der Waals surface area contributed by atoms with Crippen molar-refractivity contribution >= 4 is 33.4 Å². The molecular formula is C29H19ClN2. The second kappa shape index (κ2) is 7.67. The van der Waals surface area contributed by atoms with E-state index in [1.54, 1.807) is 0 Å². The molecule has 0 fully saturated rings. The van der Waals surface area contributed by atoms with Gasteiger partial charge < -0.3 is 4.57 Å². The van der Waals surface area contributed by atoms with Crippen LogP contribution in [0.25, 0.3) is 50.0 Å². The molecule has 0 amide bonds. The number of pyridine rings is 1. The summed E-state index contributed by atoms with van der Waals surface area (Å²) in [7, 11) is 0. The zero-order chi connectivity index (χ0) is 21.5. The molecule has 4 aromatic carbocycles. The number of nitrogens with zero attached hydrogens (tertiary/aromatic N) is 2. The summed E-state index contributed by atoms with van der Waals surface area (Å²) in [6.45, 7) is 0. The van der Waals surface area contributed by atoms with Crippen molar-refractivity contribution in [3.63, 3.8) is 0 Å². The molecule has 6 rings (SSSR count). The average Bonchev–Trinajstić information content (AvgIpc) is 3.19. The first-order valence-electron chi connectivity index (χ1n) is 10.6. The van der Waals surface area contributed by atoms with Gasteiger partial charge in [-0.25, -0.2) is 4.98 Å². The van der Waals surface area contributed by atoms with Gasteiger partial charge in [0.15, 0.2) is 0 Å². The van der Waals surface area contributed by atoms with Gasteiger partial charge in [-0.2, -0.15) is 0 Å². The summed E-state index contributed by atoms with van der Waals surface area (Å²) in [6.07, 6.45) is 0. The van der Waals surface area contributed by atoms with Gasteiger partial charge in [-0.15, -0.1) is 0 Å². The molecule has 0 radical (unpaired) electrons. The van der Waals surface area contributed by atoms with Crippen LogP contribution in [0.15, 0.2) is 115 Å². The van der Waals surface area contributed by atoms with Gasteiger partial charge in [0.2, 0.25) is 0 Å². The standard InChI is InChI=1S/C29H19ClN2/c30-22-18-26(20-8-2-1-3-9-20)31-27(19-22)21-14-16-23(17-15-21)32-28-12-6-4-10-24(28)25-11-5-7-13-29(25)32/h1-19H. The van der Waals surface area contributed by atoms with Crippen LogP contribution in [0.2, 0.25) is 5.02 Å². The zero-order valence-corrected chi connectivity index (χ0v) is 18.0. The van der Waals surface area contributed by atoms with Crippen molar-refractivity contribution in [2.24, 2.45) is 0 Å². The fraction of sp³-hybridized carbons (Fsp3) is 0. The SMILES string of the molecule is Clc1cc(-c2ccccc2)nc(-c2ccc(-n3c4ccccc4c4ccccc43)cc2)c1. The molecule has 0 N–H and O–H groups in total. The Hall–Kier alpha value is -3.88. The lowest BCUT2D eigenvalue weighted by Crippen LogP contribution is -1.94. The highest BCUT2D eigenvalue weighted by molar-refractivity contribution is 6.31. The Morgan fingerprint density at radius 1 is 0.531 bits per heavy atom. The van der Waals surface area contributed by atoms with Gasteiger partial charge in [-0.05, 0) is 36.4 Å². The van der Waals surface area contributed by atoms with E-state index in [4.69, 9.17) is 16.6 Å². The Bertz CT molecular complexity index is 1510. The molecule has 0 atom stereocenters. The molecule has 0 spiro atoms. The molecule has 0 unspecified atom stereocenters. The van der Waals surface area contributed by atoms with Crippen molar-refractivity contribution in [2.45, 2.75) is 0 Å². The predicted molar refractivity (Wildman–Crippen MR) is 134 cm³/mol. The smallest absolute Gasteiger partial charge is 0.0724 e. The summed E-state index contributed by atoms with van der Waals surface area (Å²) < 4.78 is 2.31. The molecule has 32 heavy (non-hydrogen) atoms. The molecule has 0 saturated carbocycles. The van der Waals surface area contributed by atoms with E-state index < -0.39 is 0 Å². The van der Waals surface area contributed by atoms with E-state index in [9.17, 15) is 0 Å². The number of hydrogen-bond acceptors (Lipinski definition) is 1. The largest absolute Gasteiger partial charge is 0.309 e. The van der Waals surface area contributed by atoms with Gasteiger partial charge in [0.05, 0.1) is 22.4 Å². The highest BCUT2D eigenvalue weighted by atomic mass is 35.5. The summed E-state index contributed by atoms with van der Waals surface area (Å²) in [5.74, 6) is 0. The Balaban J connectivity index is 1.46. The van der Waals surface area contributed by atoms with Crippen molar-refractivity contribution in [3.8, 4) is 28.2 Å². The molecule has 2 heterocycles. The number of fused-ring (bicyclic) bond motifs is 3. The monoisotopic (exact) mass is 430 g/mol. The number of hydrogen-bond donors (Lipinski definition) is 0. The summed E-state index contributed by atoms with van der Waals surface area (Å²) in [4.78, 5) is 4.88. The maximum absolute atomic E-state index is 6.45. The fourth-order valence-electron chi connectivity index (χ4n) is 4.38. The number of halogens is 1. The molecule has 2 aromatic heterocycles. The average molecular weight is 431 g/mol. The summed E-state index contributed by atoms with van der Waals surface area (Å²) in [5, 5.41) is 3.20. The van der Waals surface area contributed by atoms with Gasteiger partial charge >= 0.3 is 0 Å². The van der Waals surface area contributed by atoms with Crippen molar-refractivity contribution < 1.29 is 0 Å². The van der Waals surface area contributed by atoms with E-state index in [1.807, 2.05) is 42.5 Å². The van der Waals surface area contributed by atoms with Gasteiger partial charge in [0.25, 0.3) is 0 Å². The van der Waals surface area contributed by atoms with E-state index in [2.05, 4.69) is 77.4 Å². The fourth-order valence-corrected chi connectivity index (χ4v) is 4.59. The van der Waals surface area contributed by atoms with Crippen molar-refractivity contribution in [3.05, 3.63) is 120 Å². The van der Waals surface area contributed by atoms with E-state index in [-0.39, 0.29) is 0 Å². The van der Waals surface area contributed by atoms with Crippen molar-refractivity contribution in [2.75, 3.05) is 0 Å². The Morgan fingerprint density at radius 2 is 1.03 bits per heavy atom. The van der Waals surface area contributed by atoms with E-state index in [0.29, 0.717) is 5.02 Å². The molecule has 3 heteroatoms. The molecule has 0 bridgehead atoms. The molecule has 2 nitrogen and oxygen atoms in total. The van der Waals surface area contributed by atoms with E-state index in [1.165, 1.54) is 21.8 Å². The number of rotatable bonds is 3. The van der Waals surface area contributed by atoms with Crippen molar-refractivity contribution in [1.82, 2.24) is 9.55 Å². The molecule has 0 aliphatic heterocycles. The number of para-hydroxylation sites is 2. The Morgan fingerprint density at radius 3 is 1.62 bits per heavy atom. The third-order valence-corrected chi connectivity index (χ3v) is 6.08. The third-order valence-electron chi connectivity index (χ3n) is 5.86. The highest BCUT2D eigenvalue weighted by Crippen LogP contribution is 2.33. The number of benzene rings is 4. The van der Waals surface area contributed by atoms with E-state index in [0.717, 1.165) is 28.2 Å². The molecule has 0 saturated heterocycles. The van der Waals surface area contributed by atoms with Crippen LogP contribution >= 0.6 is 11.6 Å². The predicted octanol–water partition coefficient (Wildman–Crippen LogP) is 8.17. The molecule has 0 aliphatic rings. The first-order chi connectivity index (χ1) is 15.8. The molecule has 0 aliphatic carbocycles.